The van der Waals surface area contributed by atoms with Crippen LogP contribution in [-0.2, 0) is 0 Å². The lowest BCUT2D eigenvalue weighted by molar-refractivity contribution is 0.384. The first-order valence-corrected chi connectivity index (χ1v) is 6.27. The molecule has 0 fully saturated rings. The molecule has 15 heavy (non-hydrogen) atoms. The Hall–Kier alpha value is -0.400. The fourth-order valence-electron chi connectivity index (χ4n) is 1.20. The van der Waals surface area contributed by atoms with E-state index in [1.807, 2.05) is 0 Å². The van der Waals surface area contributed by atoms with Gasteiger partial charge in [0.1, 0.15) is 0 Å². The van der Waals surface area contributed by atoms with Gasteiger partial charge < -0.3 is 0 Å². The van der Waals surface area contributed by atoms with E-state index in [1.165, 1.54) is 19.3 Å². The second kappa shape index (κ2) is 6.24. The smallest absolute Gasteiger partial charge is 0.0760 e. The van der Waals surface area contributed by atoms with Crippen molar-refractivity contribution in [1.29, 1.82) is 0 Å². The largest absolute Gasteiger partial charge is 0.187 e. The van der Waals surface area contributed by atoms with E-state index < -0.39 is 0 Å². The van der Waals surface area contributed by atoms with E-state index in [0.29, 0.717) is 0 Å². The number of unbranched alkanes of at least 4 members (excludes halogenated alkanes) is 2. The van der Waals surface area contributed by atoms with Crippen LogP contribution in [0, 0.1) is 0 Å². The topological polar surface area (TPSA) is 24.7 Å². The lowest BCUT2D eigenvalue weighted by atomic mass is 9.98. The maximum absolute atomic E-state index is 4.50. The van der Waals surface area contributed by atoms with E-state index in [4.69, 9.17) is 0 Å². The maximum Gasteiger partial charge on any atom is 0.0760 e. The number of nitrogens with zero attached hydrogens (tertiary/aromatic N) is 2. The van der Waals surface area contributed by atoms with Crippen molar-refractivity contribution in [2.24, 2.45) is 10.2 Å². The summed E-state index contributed by atoms with van der Waals surface area (Å²) in [5, 5.41) is 8.95. The summed E-state index contributed by atoms with van der Waals surface area (Å²) in [6.45, 7) is 13.0. The molecule has 90 valence electrons. The van der Waals surface area contributed by atoms with Crippen molar-refractivity contribution in [2.45, 2.75) is 84.7 Å². The highest BCUT2D eigenvalue weighted by molar-refractivity contribution is 4.79. The molecule has 2 heteroatoms. The Balaban J connectivity index is 4.12. The van der Waals surface area contributed by atoms with Gasteiger partial charge in [0.25, 0.3) is 0 Å². The van der Waals surface area contributed by atoms with Crippen LogP contribution in [0.15, 0.2) is 10.2 Å². The molecular weight excluding hydrogens is 184 g/mol. The van der Waals surface area contributed by atoms with Gasteiger partial charge in [-0.25, -0.2) is 0 Å². The predicted octanol–water partition coefficient (Wildman–Crippen LogP) is 4.99. The van der Waals surface area contributed by atoms with E-state index in [2.05, 4.69) is 51.8 Å². The molecule has 0 saturated heterocycles. The molecular formula is C13H28N2. The van der Waals surface area contributed by atoms with Gasteiger partial charge in [0.15, 0.2) is 0 Å². The van der Waals surface area contributed by atoms with Crippen LogP contribution < -0.4 is 0 Å². The van der Waals surface area contributed by atoms with Crippen LogP contribution in [0.4, 0.5) is 0 Å². The lowest BCUT2D eigenvalue weighted by Gasteiger charge is -2.22. The van der Waals surface area contributed by atoms with Gasteiger partial charge in [0, 0.05) is 0 Å². The summed E-state index contributed by atoms with van der Waals surface area (Å²) >= 11 is 0. The third-order valence-corrected chi connectivity index (χ3v) is 2.85. The van der Waals surface area contributed by atoms with Crippen molar-refractivity contribution < 1.29 is 0 Å². The molecule has 0 N–H and O–H groups in total. The number of azo groups is 1. The molecule has 0 heterocycles. The average Bonchev–Trinajstić information content (AvgIpc) is 2.16. The van der Waals surface area contributed by atoms with Crippen LogP contribution in [0.1, 0.15) is 73.6 Å². The van der Waals surface area contributed by atoms with Gasteiger partial charge in [-0.1, -0.05) is 33.1 Å². The van der Waals surface area contributed by atoms with Crippen LogP contribution in [0.25, 0.3) is 0 Å². The van der Waals surface area contributed by atoms with E-state index in [-0.39, 0.29) is 11.1 Å². The highest BCUT2D eigenvalue weighted by Gasteiger charge is 2.19. The van der Waals surface area contributed by atoms with Crippen molar-refractivity contribution in [3.8, 4) is 0 Å². The summed E-state index contributed by atoms with van der Waals surface area (Å²) in [5.74, 6) is 0. The molecule has 0 aliphatic heterocycles. The summed E-state index contributed by atoms with van der Waals surface area (Å²) < 4.78 is 0. The summed E-state index contributed by atoms with van der Waals surface area (Å²) in [5.41, 5.74) is 0.0175. The van der Waals surface area contributed by atoms with E-state index in [0.717, 1.165) is 12.8 Å². The quantitative estimate of drug-likeness (QED) is 0.420. The second-order valence-corrected chi connectivity index (χ2v) is 5.64. The first-order valence-electron chi connectivity index (χ1n) is 6.27. The van der Waals surface area contributed by atoms with Crippen molar-refractivity contribution in [3.63, 3.8) is 0 Å². The standard InChI is InChI=1S/C13H28N2/c1-7-9-10-11-13(5,6)15-14-12(3,4)8-2/h7-11H2,1-6H3. The van der Waals surface area contributed by atoms with Gasteiger partial charge in [-0.3, -0.25) is 0 Å². The number of hydrogen-bond donors (Lipinski definition) is 0. The van der Waals surface area contributed by atoms with Crippen molar-refractivity contribution in [3.05, 3.63) is 0 Å². The molecule has 0 aromatic carbocycles. The van der Waals surface area contributed by atoms with Gasteiger partial charge in [-0.2, -0.15) is 10.2 Å². The molecule has 2 nitrogen and oxygen atoms in total. The average molecular weight is 212 g/mol. The molecule has 0 saturated carbocycles. The highest BCUT2D eigenvalue weighted by atomic mass is 15.2. The first-order chi connectivity index (χ1) is 6.83. The zero-order valence-corrected chi connectivity index (χ0v) is 11.4. The monoisotopic (exact) mass is 212 g/mol. The Morgan fingerprint density at radius 1 is 0.800 bits per heavy atom. The molecule has 0 aliphatic carbocycles. The van der Waals surface area contributed by atoms with Gasteiger partial charge in [0.2, 0.25) is 0 Å². The number of rotatable bonds is 7. The Labute approximate surface area is 95.6 Å². The lowest BCUT2D eigenvalue weighted by Crippen LogP contribution is -2.20. The van der Waals surface area contributed by atoms with Crippen LogP contribution >= 0.6 is 0 Å². The molecule has 0 rings (SSSR count). The van der Waals surface area contributed by atoms with Crippen molar-refractivity contribution in [2.75, 3.05) is 0 Å². The predicted molar refractivity (Wildman–Crippen MR) is 67.4 cm³/mol. The zero-order valence-electron chi connectivity index (χ0n) is 11.4. The Bertz CT molecular complexity index is 193. The third-order valence-electron chi connectivity index (χ3n) is 2.85. The van der Waals surface area contributed by atoms with Crippen LogP contribution in [0.3, 0.4) is 0 Å². The molecule has 0 spiro atoms. The SMILES string of the molecule is CCCCCC(C)(C)N=NC(C)(C)CC. The van der Waals surface area contributed by atoms with Crippen molar-refractivity contribution in [1.82, 2.24) is 0 Å². The van der Waals surface area contributed by atoms with Gasteiger partial charge >= 0.3 is 0 Å². The van der Waals surface area contributed by atoms with Crippen LogP contribution in [0.5, 0.6) is 0 Å². The highest BCUT2D eigenvalue weighted by Crippen LogP contribution is 2.22. The molecule has 0 aromatic heterocycles. The van der Waals surface area contributed by atoms with Crippen LogP contribution in [0.2, 0.25) is 0 Å². The van der Waals surface area contributed by atoms with E-state index >= 15 is 0 Å². The fourth-order valence-corrected chi connectivity index (χ4v) is 1.20. The van der Waals surface area contributed by atoms with E-state index in [9.17, 15) is 0 Å². The molecule has 0 amide bonds. The Morgan fingerprint density at radius 2 is 1.33 bits per heavy atom. The fraction of sp³-hybridized carbons (Fsp3) is 1.00. The number of hydrogen-bond acceptors (Lipinski definition) is 2. The van der Waals surface area contributed by atoms with E-state index in [1.54, 1.807) is 0 Å². The minimum absolute atomic E-state index is 0.00201. The molecule has 0 atom stereocenters. The van der Waals surface area contributed by atoms with Gasteiger partial charge in [-0.15, -0.1) is 0 Å². The molecule has 0 radical (unpaired) electrons. The summed E-state index contributed by atoms with van der Waals surface area (Å²) in [4.78, 5) is 0. The van der Waals surface area contributed by atoms with Gasteiger partial charge in [-0.05, 0) is 40.5 Å². The van der Waals surface area contributed by atoms with Crippen molar-refractivity contribution >= 4 is 0 Å². The first kappa shape index (κ1) is 14.6. The normalized spacial score (nSPS) is 13.7. The minimum Gasteiger partial charge on any atom is -0.187 e. The molecule has 0 aromatic rings. The summed E-state index contributed by atoms with van der Waals surface area (Å²) in [6.07, 6.45) is 6.02. The summed E-state index contributed by atoms with van der Waals surface area (Å²) in [6, 6.07) is 0. The zero-order chi connectivity index (χ0) is 11.9. The minimum atomic E-state index is 0.00201. The van der Waals surface area contributed by atoms with Crippen LogP contribution in [-0.4, -0.2) is 11.1 Å². The Kier molecular flexibility index (Phi) is 6.07. The molecule has 0 aliphatic rings. The molecule has 0 bridgehead atoms. The third kappa shape index (κ3) is 7.52. The van der Waals surface area contributed by atoms with Gasteiger partial charge in [0.05, 0.1) is 11.1 Å². The summed E-state index contributed by atoms with van der Waals surface area (Å²) in [7, 11) is 0. The molecule has 0 unspecified atom stereocenters. The second-order valence-electron chi connectivity index (χ2n) is 5.64. The maximum atomic E-state index is 4.50. The Morgan fingerprint density at radius 3 is 1.80 bits per heavy atom.